The molecule has 0 aliphatic carbocycles. The second-order valence-electron chi connectivity index (χ2n) is 4.70. The van der Waals surface area contributed by atoms with Gasteiger partial charge < -0.3 is 5.73 Å². The number of nitrogens with two attached hydrogens (primary N) is 1. The van der Waals surface area contributed by atoms with E-state index in [2.05, 4.69) is 11.2 Å². The zero-order valence-electron chi connectivity index (χ0n) is 9.78. The van der Waals surface area contributed by atoms with E-state index in [-0.39, 0.29) is 11.5 Å². The molecule has 0 aliphatic heterocycles. The molecule has 1 rings (SSSR count). The van der Waals surface area contributed by atoms with Gasteiger partial charge in [0.1, 0.15) is 0 Å². The molecule has 4 nitrogen and oxygen atoms in total. The van der Waals surface area contributed by atoms with Gasteiger partial charge in [0.2, 0.25) is 0 Å². The van der Waals surface area contributed by atoms with Crippen LogP contribution in [0.3, 0.4) is 0 Å². The minimum Gasteiger partial charge on any atom is -0.396 e. The van der Waals surface area contributed by atoms with E-state index < -0.39 is 0 Å². The van der Waals surface area contributed by atoms with Crippen molar-refractivity contribution in [3.63, 3.8) is 0 Å². The van der Waals surface area contributed by atoms with Crippen molar-refractivity contribution in [1.82, 2.24) is 9.78 Å². The van der Waals surface area contributed by atoms with Crippen LogP contribution in [0.1, 0.15) is 38.9 Å². The van der Waals surface area contributed by atoms with Crippen LogP contribution in [0, 0.1) is 23.7 Å². The molecule has 0 radical (unpaired) electrons. The minimum atomic E-state index is -0.325. The highest BCUT2D eigenvalue weighted by Gasteiger charge is 2.22. The summed E-state index contributed by atoms with van der Waals surface area (Å²) in [4.78, 5) is 0. The maximum atomic E-state index is 8.95. The number of nitrogens with zero attached hydrogens (tertiary/aromatic N) is 3. The molecule has 0 spiro atoms. The topological polar surface area (TPSA) is 67.6 Å². The quantitative estimate of drug-likeness (QED) is 0.824. The monoisotopic (exact) mass is 206 g/mol. The smallest absolute Gasteiger partial charge is 0.0823 e. The van der Waals surface area contributed by atoms with Crippen molar-refractivity contribution in [2.75, 3.05) is 5.73 Å². The molecular weight excluding hydrogens is 188 g/mol. The summed E-state index contributed by atoms with van der Waals surface area (Å²) in [6.45, 7) is 7.80. The summed E-state index contributed by atoms with van der Waals surface area (Å²) < 4.78 is 1.84. The Hall–Kier alpha value is -1.50. The normalized spacial score (nSPS) is 13.5. The molecule has 1 aromatic rings. The first kappa shape index (κ1) is 11.6. The summed E-state index contributed by atoms with van der Waals surface area (Å²) in [5.74, 6) is 0. The van der Waals surface area contributed by atoms with E-state index in [1.807, 2.05) is 38.6 Å². The van der Waals surface area contributed by atoms with Crippen LogP contribution in [0.15, 0.2) is 6.20 Å². The predicted octanol–water partition coefficient (Wildman–Crippen LogP) is 2.27. The predicted molar refractivity (Wildman–Crippen MR) is 60.1 cm³/mol. The molecule has 0 saturated heterocycles. The molecule has 0 fully saturated rings. The summed E-state index contributed by atoms with van der Waals surface area (Å²) in [5, 5.41) is 13.3. The fourth-order valence-corrected chi connectivity index (χ4v) is 1.60. The van der Waals surface area contributed by atoms with Crippen LogP contribution in [-0.4, -0.2) is 9.78 Å². The van der Waals surface area contributed by atoms with Crippen molar-refractivity contribution in [3.05, 3.63) is 11.9 Å². The Morgan fingerprint density at radius 2 is 2.27 bits per heavy atom. The summed E-state index contributed by atoms with van der Waals surface area (Å²) >= 11 is 0. The van der Waals surface area contributed by atoms with Crippen molar-refractivity contribution in [2.45, 2.75) is 40.2 Å². The van der Waals surface area contributed by atoms with Gasteiger partial charge in [0, 0.05) is 6.20 Å². The number of hydrogen-bond donors (Lipinski definition) is 1. The van der Waals surface area contributed by atoms with Crippen molar-refractivity contribution in [2.24, 2.45) is 5.41 Å². The first-order chi connectivity index (χ1) is 6.85. The molecular formula is C11H18N4. The van der Waals surface area contributed by atoms with E-state index in [0.717, 1.165) is 12.1 Å². The summed E-state index contributed by atoms with van der Waals surface area (Å²) in [6.07, 6.45) is 2.59. The van der Waals surface area contributed by atoms with E-state index in [4.69, 9.17) is 11.0 Å². The van der Waals surface area contributed by atoms with Crippen molar-refractivity contribution in [3.8, 4) is 6.07 Å². The number of hydrogen-bond acceptors (Lipinski definition) is 3. The lowest BCUT2D eigenvalue weighted by molar-refractivity contribution is 0.336. The van der Waals surface area contributed by atoms with Crippen LogP contribution in [0.5, 0.6) is 0 Å². The average Bonchev–Trinajstić information content (AvgIpc) is 2.47. The molecule has 15 heavy (non-hydrogen) atoms. The molecule has 1 heterocycles. The van der Waals surface area contributed by atoms with E-state index in [9.17, 15) is 0 Å². The Morgan fingerprint density at radius 3 is 2.67 bits per heavy atom. The highest BCUT2D eigenvalue weighted by atomic mass is 15.3. The number of aryl methyl sites for hydroxylation is 1. The first-order valence-electron chi connectivity index (χ1n) is 5.08. The molecule has 0 amide bonds. The Kier molecular flexibility index (Phi) is 3.04. The lowest BCUT2D eigenvalue weighted by atomic mass is 9.88. The number of nitriles is 1. The Balaban J connectivity index is 2.78. The van der Waals surface area contributed by atoms with Gasteiger partial charge in [0.05, 0.1) is 28.9 Å². The van der Waals surface area contributed by atoms with Crippen LogP contribution >= 0.6 is 0 Å². The van der Waals surface area contributed by atoms with Gasteiger partial charge in [-0.2, -0.15) is 10.4 Å². The third-order valence-corrected chi connectivity index (χ3v) is 2.51. The number of nitrogen functional groups attached to an aromatic ring is 1. The van der Waals surface area contributed by atoms with Gasteiger partial charge in [-0.1, -0.05) is 0 Å². The third kappa shape index (κ3) is 2.72. The molecule has 1 atom stereocenters. The molecule has 1 unspecified atom stereocenters. The van der Waals surface area contributed by atoms with E-state index in [0.29, 0.717) is 5.69 Å². The summed E-state index contributed by atoms with van der Waals surface area (Å²) in [5.41, 5.74) is 6.95. The van der Waals surface area contributed by atoms with Crippen molar-refractivity contribution >= 4 is 5.69 Å². The molecule has 0 bridgehead atoms. The number of anilines is 1. The second-order valence-corrected chi connectivity index (χ2v) is 4.70. The molecule has 0 aliphatic rings. The summed E-state index contributed by atoms with van der Waals surface area (Å²) in [7, 11) is 0. The van der Waals surface area contributed by atoms with Gasteiger partial charge in [-0.25, -0.2) is 0 Å². The Labute approximate surface area is 90.7 Å². The van der Waals surface area contributed by atoms with Gasteiger partial charge >= 0.3 is 0 Å². The third-order valence-electron chi connectivity index (χ3n) is 2.51. The van der Waals surface area contributed by atoms with Crippen LogP contribution in [0.25, 0.3) is 0 Å². The van der Waals surface area contributed by atoms with E-state index in [1.54, 1.807) is 0 Å². The Bertz CT molecular complexity index is 364. The fraction of sp³-hybridized carbons (Fsp3) is 0.636. The van der Waals surface area contributed by atoms with Gasteiger partial charge in [0.25, 0.3) is 0 Å². The largest absolute Gasteiger partial charge is 0.396 e. The molecule has 1 aromatic heterocycles. The Morgan fingerprint density at radius 1 is 1.67 bits per heavy atom. The molecule has 2 N–H and O–H groups in total. The fourth-order valence-electron chi connectivity index (χ4n) is 1.60. The zero-order valence-corrected chi connectivity index (χ0v) is 9.78. The standard InChI is InChI=1S/C11H18N4/c1-8(5-11(3,4)7-12)15-6-10(13)9(2)14-15/h6,8H,5,13H2,1-4H3. The lowest BCUT2D eigenvalue weighted by Gasteiger charge is -2.20. The van der Waals surface area contributed by atoms with Gasteiger partial charge in [-0.3, -0.25) is 4.68 Å². The van der Waals surface area contributed by atoms with Gasteiger partial charge in [-0.05, 0) is 34.1 Å². The average molecular weight is 206 g/mol. The SMILES string of the molecule is Cc1nn(C(C)CC(C)(C)C#N)cc1N. The highest BCUT2D eigenvalue weighted by molar-refractivity contribution is 5.39. The zero-order chi connectivity index (χ0) is 11.6. The van der Waals surface area contributed by atoms with Gasteiger partial charge in [-0.15, -0.1) is 0 Å². The molecule has 82 valence electrons. The number of aromatic nitrogens is 2. The second kappa shape index (κ2) is 3.93. The van der Waals surface area contributed by atoms with Crippen LogP contribution in [0.2, 0.25) is 0 Å². The number of rotatable bonds is 3. The van der Waals surface area contributed by atoms with Crippen LogP contribution in [-0.2, 0) is 0 Å². The molecule has 0 aromatic carbocycles. The molecule has 0 saturated carbocycles. The lowest BCUT2D eigenvalue weighted by Crippen LogP contribution is -2.16. The minimum absolute atomic E-state index is 0.190. The summed E-state index contributed by atoms with van der Waals surface area (Å²) in [6, 6.07) is 2.48. The van der Waals surface area contributed by atoms with Gasteiger partial charge in [0.15, 0.2) is 0 Å². The maximum Gasteiger partial charge on any atom is 0.0823 e. The van der Waals surface area contributed by atoms with E-state index in [1.165, 1.54) is 0 Å². The van der Waals surface area contributed by atoms with Crippen molar-refractivity contribution < 1.29 is 0 Å². The van der Waals surface area contributed by atoms with Crippen LogP contribution < -0.4 is 5.73 Å². The van der Waals surface area contributed by atoms with Crippen LogP contribution in [0.4, 0.5) is 5.69 Å². The first-order valence-corrected chi connectivity index (χ1v) is 5.08. The highest BCUT2D eigenvalue weighted by Crippen LogP contribution is 2.27. The maximum absolute atomic E-state index is 8.95. The van der Waals surface area contributed by atoms with Crippen molar-refractivity contribution in [1.29, 1.82) is 5.26 Å². The molecule has 4 heteroatoms. The van der Waals surface area contributed by atoms with E-state index >= 15 is 0 Å².